The number of esters is 1. The minimum Gasteiger partial charge on any atom is -0.475 e. The van der Waals surface area contributed by atoms with E-state index in [9.17, 15) is 61.4 Å². The number of ether oxygens (including phenoxy) is 10. The number of pyridine rings is 2. The molecule has 7 amide bonds. The first-order valence-electron chi connectivity index (χ1n) is 36.1. The fraction of sp³-hybridized carbons (Fsp3) is 0.507. The Hall–Kier alpha value is -9.69. The highest BCUT2D eigenvalue weighted by molar-refractivity contribution is 6.13. The van der Waals surface area contributed by atoms with Crippen LogP contribution in [0.4, 0.5) is 28.0 Å². The number of hydrogen-bond donors (Lipinski definition) is 8. The first-order chi connectivity index (χ1) is 52.9. The lowest BCUT2D eigenvalue weighted by Crippen LogP contribution is -2.53. The Balaban J connectivity index is 0.00000207. The Morgan fingerprint density at radius 1 is 0.709 bits per heavy atom. The van der Waals surface area contributed by atoms with Gasteiger partial charge in [-0.2, -0.15) is 13.2 Å². The average molecular weight is 1550 g/mol. The summed E-state index contributed by atoms with van der Waals surface area (Å²) >= 11 is 0. The molecule has 598 valence electrons. The number of alkyl halides is 3. The van der Waals surface area contributed by atoms with Gasteiger partial charge in [-0.1, -0.05) is 49.4 Å². The lowest BCUT2D eigenvalue weighted by atomic mass is 9.81. The average Bonchev–Trinajstić information content (AvgIpc) is 1.51. The minimum absolute atomic E-state index is 0.0222. The van der Waals surface area contributed by atoms with E-state index >= 15 is 4.39 Å². The Labute approximate surface area is 630 Å². The molecule has 9 rings (SSSR count). The molecule has 0 fully saturated rings. The molecule has 3 aromatic carbocycles. The largest absolute Gasteiger partial charge is 0.490 e. The number of aryl methyl sites for hydroxylation is 1. The van der Waals surface area contributed by atoms with Crippen LogP contribution in [0.25, 0.3) is 22.3 Å². The number of rotatable bonds is 45. The molecule has 0 unspecified atom stereocenters. The van der Waals surface area contributed by atoms with Crippen LogP contribution in [0.3, 0.4) is 0 Å². The van der Waals surface area contributed by atoms with E-state index in [1.54, 1.807) is 44.2 Å². The number of imide groups is 1. The maximum absolute atomic E-state index is 15.5. The highest BCUT2D eigenvalue weighted by Gasteiger charge is 2.46. The predicted octanol–water partition coefficient (Wildman–Crippen LogP) is 4.31. The van der Waals surface area contributed by atoms with Crippen LogP contribution in [-0.2, 0) is 124 Å². The molecule has 5 heterocycles. The van der Waals surface area contributed by atoms with E-state index in [0.717, 1.165) is 16.0 Å². The molecule has 0 spiro atoms. The Morgan fingerprint density at radius 2 is 1.29 bits per heavy atom. The molecule has 0 saturated heterocycles. The topological polar surface area (TPSA) is 411 Å². The second-order valence-corrected chi connectivity index (χ2v) is 25.7. The standard InChI is InChI=1S/C73H92FN9O20.C2HF3O2/c1-3-73(93)54-42-60-67-52(44-83(60)70(90)53(54)46-102-71(73)91)66-56(17-16-51-47(2)55(74)43-58(79-67)65(51)66)81-72(92)103-45-49-12-14-50(15-13-49)77-68(88)57(11-7-8-22-75)80-69(89)59(41-48-9-5-4-6-10-48)78-62(85)21-25-94-27-29-96-31-33-98-35-37-100-39-40-101-38-36-99-34-32-97-30-28-95-26-23-76-61(84)20-24-82-63(86)18-19-64(82)87;3-2(4,5)1(6)7/h4-6,9-10,12-15,18-19,42-43,56-57,59,93H,3,7-8,11,16-17,20-41,44-46,75H2,1-2H3,(H,76,84)(H,77,88)(H,78,85)(H,80,89)(H,81,92);(H,6,7)/t56-,57-,59-,73-;/m0./s1. The summed E-state index contributed by atoms with van der Waals surface area (Å²) in [6.07, 6.45) is -1.21. The van der Waals surface area contributed by atoms with Crippen molar-refractivity contribution in [2.24, 2.45) is 5.73 Å². The molecule has 110 heavy (non-hydrogen) atoms. The number of amides is 7. The number of aliphatic hydroxyl groups is 1. The number of carboxylic acids is 1. The molecule has 9 N–H and O–H groups in total. The van der Waals surface area contributed by atoms with Crippen LogP contribution >= 0.6 is 0 Å². The first kappa shape index (κ1) is 85.9. The summed E-state index contributed by atoms with van der Waals surface area (Å²) in [6, 6.07) is 16.1. The molecule has 3 aliphatic heterocycles. The quantitative estimate of drug-likeness (QED) is 0.0114. The number of cyclic esters (lactones) is 1. The third-order valence-corrected chi connectivity index (χ3v) is 18.1. The van der Waals surface area contributed by atoms with Crippen LogP contribution < -0.4 is 37.9 Å². The lowest BCUT2D eigenvalue weighted by Gasteiger charge is -2.31. The number of hydrogen-bond acceptors (Lipinski definition) is 23. The van der Waals surface area contributed by atoms with E-state index in [4.69, 9.17) is 68.0 Å². The van der Waals surface area contributed by atoms with Gasteiger partial charge in [0.15, 0.2) is 5.60 Å². The van der Waals surface area contributed by atoms with Crippen molar-refractivity contribution in [1.82, 2.24) is 35.7 Å². The third kappa shape index (κ3) is 24.9. The van der Waals surface area contributed by atoms with Gasteiger partial charge in [0.1, 0.15) is 31.1 Å². The van der Waals surface area contributed by atoms with Crippen LogP contribution in [0, 0.1) is 12.7 Å². The van der Waals surface area contributed by atoms with Crippen molar-refractivity contribution < 1.29 is 118 Å². The van der Waals surface area contributed by atoms with Crippen molar-refractivity contribution in [3.63, 3.8) is 0 Å². The highest BCUT2D eigenvalue weighted by Crippen LogP contribution is 2.46. The summed E-state index contributed by atoms with van der Waals surface area (Å²) in [5, 5.41) is 33.5. The van der Waals surface area contributed by atoms with Crippen molar-refractivity contribution in [1.29, 1.82) is 0 Å². The van der Waals surface area contributed by atoms with Gasteiger partial charge < -0.3 is 94.5 Å². The summed E-state index contributed by atoms with van der Waals surface area (Å²) in [6.45, 7) is 8.94. The molecule has 35 heteroatoms. The molecule has 31 nitrogen and oxygen atoms in total. The van der Waals surface area contributed by atoms with Gasteiger partial charge in [-0.15, -0.1) is 0 Å². The van der Waals surface area contributed by atoms with Gasteiger partial charge in [0.2, 0.25) is 23.6 Å². The van der Waals surface area contributed by atoms with E-state index in [1.807, 2.05) is 30.3 Å². The Morgan fingerprint density at radius 3 is 1.86 bits per heavy atom. The van der Waals surface area contributed by atoms with Gasteiger partial charge in [0, 0.05) is 72.8 Å². The molecule has 0 saturated carbocycles. The molecular weight excluding hydrogens is 1450 g/mol. The van der Waals surface area contributed by atoms with Gasteiger partial charge in [-0.25, -0.2) is 23.8 Å². The number of halogens is 4. The number of unbranched alkanes of at least 4 members (excludes halogenated alkanes) is 1. The van der Waals surface area contributed by atoms with Gasteiger partial charge in [-0.3, -0.25) is 38.5 Å². The number of aliphatic carboxylic acids is 1. The normalized spacial score (nSPS) is 15.9. The fourth-order valence-corrected chi connectivity index (χ4v) is 12.3. The molecule has 2 aromatic heterocycles. The fourth-order valence-electron chi connectivity index (χ4n) is 12.3. The van der Waals surface area contributed by atoms with Gasteiger partial charge >= 0.3 is 24.2 Å². The van der Waals surface area contributed by atoms with Gasteiger partial charge in [0.25, 0.3) is 17.4 Å². The number of carbonyl (C=O) groups excluding carboxylic acids is 8. The molecule has 4 aliphatic rings. The van der Waals surface area contributed by atoms with Crippen molar-refractivity contribution in [2.45, 2.75) is 121 Å². The minimum atomic E-state index is -5.08. The maximum Gasteiger partial charge on any atom is 0.490 e. The number of aromatic nitrogens is 2. The van der Waals surface area contributed by atoms with E-state index in [2.05, 4.69) is 26.6 Å². The number of nitrogens with one attached hydrogen (secondary N) is 5. The summed E-state index contributed by atoms with van der Waals surface area (Å²) in [7, 11) is 0. The number of anilines is 1. The smallest absolute Gasteiger partial charge is 0.475 e. The molecule has 4 atom stereocenters. The number of nitrogens with zero attached hydrogens (tertiary/aromatic N) is 3. The Kier molecular flexibility index (Phi) is 33.6. The van der Waals surface area contributed by atoms with Crippen molar-refractivity contribution in [3.05, 3.63) is 140 Å². The van der Waals surface area contributed by atoms with Crippen LogP contribution in [0.15, 0.2) is 83.7 Å². The van der Waals surface area contributed by atoms with Crippen LogP contribution in [0.2, 0.25) is 0 Å². The SMILES string of the molecule is CC[C@@]1(O)C(=O)OCc2c1cc1n(c2=O)Cc2c-1nc1cc(F)c(C)c3c1c2[C@@H](NC(=O)OCc1ccc(NC(=O)[C@H](CCCCN)NC(=O)[C@H](Cc2ccccc2)NC(=O)CCOCCOCCOCCOCCOCCOCCOCCOCCNC(=O)CCN2C(=O)C=CC2=O)cc1)CC3.O=C(O)C(F)(F)F. The number of nitrogens with two attached hydrogens (primary N) is 1. The lowest BCUT2D eigenvalue weighted by molar-refractivity contribution is -0.192. The molecule has 5 aromatic rings. The zero-order chi connectivity index (χ0) is 79.2. The monoisotopic (exact) mass is 1550 g/mol. The third-order valence-electron chi connectivity index (χ3n) is 18.1. The molecular formula is C75H93F4N9O22. The number of carboxylic acid groups (broad SMARTS) is 1. The van der Waals surface area contributed by atoms with E-state index in [1.165, 1.54) is 22.8 Å². The number of alkyl carbamates (subject to hydrolysis) is 1. The zero-order valence-electron chi connectivity index (χ0n) is 61.1. The van der Waals surface area contributed by atoms with E-state index in [0.29, 0.717) is 175 Å². The van der Waals surface area contributed by atoms with Crippen molar-refractivity contribution in [3.8, 4) is 11.4 Å². The number of carbonyl (C=O) groups is 9. The molecule has 0 radical (unpaired) electrons. The zero-order valence-corrected chi connectivity index (χ0v) is 61.1. The van der Waals surface area contributed by atoms with Crippen LogP contribution in [0.5, 0.6) is 0 Å². The van der Waals surface area contributed by atoms with E-state index < -0.39 is 88.8 Å². The summed E-state index contributed by atoms with van der Waals surface area (Å²) in [5.41, 5.74) is 8.95. The van der Waals surface area contributed by atoms with E-state index in [-0.39, 0.29) is 95.3 Å². The summed E-state index contributed by atoms with van der Waals surface area (Å²) < 4.78 is 104. The number of fused-ring (bicyclic) bond motifs is 5. The predicted molar refractivity (Wildman–Crippen MR) is 384 cm³/mol. The second-order valence-electron chi connectivity index (χ2n) is 25.7. The number of benzene rings is 3. The van der Waals surface area contributed by atoms with Gasteiger partial charge in [0.05, 0.1) is 141 Å². The highest BCUT2D eigenvalue weighted by atomic mass is 19.4. The first-order valence-corrected chi connectivity index (χ1v) is 36.1. The summed E-state index contributed by atoms with van der Waals surface area (Å²) in [4.78, 5) is 132. The van der Waals surface area contributed by atoms with Crippen LogP contribution in [0.1, 0.15) is 102 Å². The van der Waals surface area contributed by atoms with Crippen molar-refractivity contribution in [2.75, 3.05) is 131 Å². The molecule has 1 aliphatic carbocycles. The maximum atomic E-state index is 15.5. The second kappa shape index (κ2) is 43.1. The van der Waals surface area contributed by atoms with Crippen molar-refractivity contribution >= 4 is 70.1 Å². The summed E-state index contributed by atoms with van der Waals surface area (Å²) in [5.74, 6) is -6.67. The van der Waals surface area contributed by atoms with Gasteiger partial charge in [-0.05, 0) is 98.0 Å². The Bertz CT molecular complexity index is 4080. The molecule has 0 bridgehead atoms. The van der Waals surface area contributed by atoms with Crippen LogP contribution in [-0.4, -0.2) is 222 Å².